The second kappa shape index (κ2) is 5.68. The van der Waals surface area contributed by atoms with E-state index in [1.807, 2.05) is 4.57 Å². The van der Waals surface area contributed by atoms with Gasteiger partial charge in [0.1, 0.15) is 23.2 Å². The Bertz CT molecular complexity index is 656. The smallest absolute Gasteiger partial charge is 0.134 e. The van der Waals surface area contributed by atoms with Crippen molar-refractivity contribution < 1.29 is 4.39 Å². The fourth-order valence-corrected chi connectivity index (χ4v) is 2.66. The van der Waals surface area contributed by atoms with Gasteiger partial charge in [0, 0.05) is 22.5 Å². The number of aryl methyl sites for hydroxylation is 1. The molecule has 0 saturated carbocycles. The molecule has 1 heterocycles. The molecule has 2 rings (SSSR count). The number of nitrogens with two attached hydrogens (primary N) is 1. The predicted octanol–water partition coefficient (Wildman–Crippen LogP) is 4.63. The Hall–Kier alpha value is -1.55. The second-order valence-electron chi connectivity index (χ2n) is 6.14. The van der Waals surface area contributed by atoms with Crippen molar-refractivity contribution in [1.82, 2.24) is 9.55 Å². The topological polar surface area (TPSA) is 43.8 Å². The maximum atomic E-state index is 14.2. The number of nitrogens with zero attached hydrogens (tertiary/aromatic N) is 2. The Labute approximate surface area is 129 Å². The van der Waals surface area contributed by atoms with E-state index >= 15 is 0 Å². The Morgan fingerprint density at radius 3 is 2.52 bits per heavy atom. The maximum absolute atomic E-state index is 14.2. The first-order valence-electron chi connectivity index (χ1n) is 7.08. The van der Waals surface area contributed by atoms with Crippen LogP contribution in [0.5, 0.6) is 0 Å². The van der Waals surface area contributed by atoms with E-state index in [1.54, 1.807) is 12.1 Å². The Kier molecular flexibility index (Phi) is 4.28. The van der Waals surface area contributed by atoms with Crippen molar-refractivity contribution in [3.63, 3.8) is 0 Å². The highest BCUT2D eigenvalue weighted by atomic mass is 35.5. The van der Waals surface area contributed by atoms with E-state index in [2.05, 4.69) is 32.7 Å². The summed E-state index contributed by atoms with van der Waals surface area (Å²) in [5.74, 6) is 0.967. The minimum atomic E-state index is -0.407. The lowest BCUT2D eigenvalue weighted by Gasteiger charge is -2.25. The van der Waals surface area contributed by atoms with E-state index in [-0.39, 0.29) is 5.54 Å². The lowest BCUT2D eigenvalue weighted by molar-refractivity contribution is 0.387. The van der Waals surface area contributed by atoms with Crippen LogP contribution in [0.25, 0.3) is 11.3 Å². The van der Waals surface area contributed by atoms with Gasteiger partial charge in [-0.15, -0.1) is 0 Å². The fourth-order valence-electron chi connectivity index (χ4n) is 2.50. The molecule has 0 fully saturated rings. The van der Waals surface area contributed by atoms with Gasteiger partial charge in [-0.2, -0.15) is 0 Å². The highest BCUT2D eigenvalue weighted by Gasteiger charge is 2.25. The molecule has 0 unspecified atom stereocenters. The van der Waals surface area contributed by atoms with Crippen LogP contribution in [0, 0.1) is 5.82 Å². The average molecular weight is 310 g/mol. The van der Waals surface area contributed by atoms with Crippen molar-refractivity contribution in [3.8, 4) is 11.3 Å². The standard InChI is InChI=1S/C16H21ClFN3/c1-5-6-13-20-14(15(19)21(13)16(2,3)4)11-8-7-10(17)9-12(11)18/h7-9H,5-6,19H2,1-4H3. The number of benzene rings is 1. The fraction of sp³-hybridized carbons (Fsp3) is 0.438. The summed E-state index contributed by atoms with van der Waals surface area (Å²) in [7, 11) is 0. The van der Waals surface area contributed by atoms with Gasteiger partial charge in [0.05, 0.1) is 0 Å². The van der Waals surface area contributed by atoms with Crippen LogP contribution in [-0.2, 0) is 12.0 Å². The first kappa shape index (κ1) is 15.8. The van der Waals surface area contributed by atoms with E-state index in [4.69, 9.17) is 17.3 Å². The number of imidazole rings is 1. The van der Waals surface area contributed by atoms with E-state index in [9.17, 15) is 4.39 Å². The first-order valence-corrected chi connectivity index (χ1v) is 7.46. The van der Waals surface area contributed by atoms with Gasteiger partial charge in [-0.05, 0) is 45.4 Å². The third-order valence-electron chi connectivity index (χ3n) is 3.31. The highest BCUT2D eigenvalue weighted by molar-refractivity contribution is 6.30. The van der Waals surface area contributed by atoms with Crippen LogP contribution in [0.1, 0.15) is 39.9 Å². The van der Waals surface area contributed by atoms with E-state index in [1.165, 1.54) is 6.07 Å². The molecule has 0 amide bonds. The largest absolute Gasteiger partial charge is 0.383 e. The first-order chi connectivity index (χ1) is 9.75. The van der Waals surface area contributed by atoms with Gasteiger partial charge in [0.15, 0.2) is 0 Å². The van der Waals surface area contributed by atoms with E-state index < -0.39 is 5.82 Å². The number of aromatic nitrogens is 2. The molecule has 0 aliphatic heterocycles. The van der Waals surface area contributed by atoms with Crippen molar-refractivity contribution in [2.45, 2.75) is 46.1 Å². The van der Waals surface area contributed by atoms with E-state index in [0.29, 0.717) is 22.1 Å². The molecule has 21 heavy (non-hydrogen) atoms. The van der Waals surface area contributed by atoms with Gasteiger partial charge in [-0.25, -0.2) is 9.37 Å². The number of halogens is 2. The third kappa shape index (κ3) is 3.05. The number of hydrogen-bond acceptors (Lipinski definition) is 2. The summed E-state index contributed by atoms with van der Waals surface area (Å²) < 4.78 is 16.1. The summed E-state index contributed by atoms with van der Waals surface area (Å²) in [6.07, 6.45) is 1.76. The lowest BCUT2D eigenvalue weighted by Crippen LogP contribution is -2.25. The van der Waals surface area contributed by atoms with Crippen LogP contribution in [0.15, 0.2) is 18.2 Å². The average Bonchev–Trinajstić information content (AvgIpc) is 2.66. The minimum absolute atomic E-state index is 0.206. The normalized spacial score (nSPS) is 11.9. The monoisotopic (exact) mass is 309 g/mol. The van der Waals surface area contributed by atoms with Gasteiger partial charge >= 0.3 is 0 Å². The van der Waals surface area contributed by atoms with Crippen molar-refractivity contribution >= 4 is 17.4 Å². The van der Waals surface area contributed by atoms with Crippen LogP contribution in [-0.4, -0.2) is 9.55 Å². The second-order valence-corrected chi connectivity index (χ2v) is 6.58. The van der Waals surface area contributed by atoms with Gasteiger partial charge < -0.3 is 10.3 Å². The number of hydrogen-bond donors (Lipinski definition) is 1. The molecule has 3 nitrogen and oxygen atoms in total. The molecule has 1 aromatic carbocycles. The van der Waals surface area contributed by atoms with Crippen molar-refractivity contribution in [2.75, 3.05) is 5.73 Å². The summed E-state index contributed by atoms with van der Waals surface area (Å²) in [5, 5.41) is 0.360. The number of nitrogen functional groups attached to an aromatic ring is 1. The van der Waals surface area contributed by atoms with Gasteiger partial charge in [0.25, 0.3) is 0 Å². The van der Waals surface area contributed by atoms with Gasteiger partial charge in [-0.1, -0.05) is 18.5 Å². The van der Waals surface area contributed by atoms with Crippen molar-refractivity contribution in [3.05, 3.63) is 34.9 Å². The summed E-state index contributed by atoms with van der Waals surface area (Å²) in [5.41, 5.74) is 6.93. The molecule has 1 aromatic heterocycles. The Balaban J connectivity index is 2.65. The SMILES string of the molecule is CCCc1nc(-c2ccc(Cl)cc2F)c(N)n1C(C)(C)C. The van der Waals surface area contributed by atoms with Gasteiger partial charge in [0.2, 0.25) is 0 Å². The minimum Gasteiger partial charge on any atom is -0.383 e. The molecule has 0 atom stereocenters. The highest BCUT2D eigenvalue weighted by Crippen LogP contribution is 2.33. The van der Waals surface area contributed by atoms with Crippen LogP contribution < -0.4 is 5.73 Å². The molecule has 0 aliphatic rings. The zero-order valence-electron chi connectivity index (χ0n) is 12.9. The van der Waals surface area contributed by atoms with Gasteiger partial charge in [-0.3, -0.25) is 0 Å². The summed E-state index contributed by atoms with van der Waals surface area (Å²) in [6, 6.07) is 4.56. The lowest BCUT2D eigenvalue weighted by atomic mass is 10.1. The molecular weight excluding hydrogens is 289 g/mol. The Morgan fingerprint density at radius 1 is 1.33 bits per heavy atom. The predicted molar refractivity (Wildman–Crippen MR) is 86.0 cm³/mol. The molecule has 2 N–H and O–H groups in total. The quantitative estimate of drug-likeness (QED) is 0.898. The number of rotatable bonds is 3. The number of anilines is 1. The zero-order chi connectivity index (χ0) is 15.8. The third-order valence-corrected chi connectivity index (χ3v) is 3.55. The summed E-state index contributed by atoms with van der Waals surface area (Å²) >= 11 is 5.81. The maximum Gasteiger partial charge on any atom is 0.134 e. The molecule has 0 radical (unpaired) electrons. The van der Waals surface area contributed by atoms with E-state index in [0.717, 1.165) is 18.7 Å². The van der Waals surface area contributed by atoms with Crippen molar-refractivity contribution in [2.24, 2.45) is 0 Å². The molecule has 5 heteroatoms. The molecule has 114 valence electrons. The molecular formula is C16H21ClFN3. The van der Waals surface area contributed by atoms with Crippen molar-refractivity contribution in [1.29, 1.82) is 0 Å². The van der Waals surface area contributed by atoms with Crippen LogP contribution in [0.2, 0.25) is 5.02 Å². The molecule has 2 aromatic rings. The van der Waals surface area contributed by atoms with Crippen LogP contribution >= 0.6 is 11.6 Å². The summed E-state index contributed by atoms with van der Waals surface area (Å²) in [4.78, 5) is 4.58. The summed E-state index contributed by atoms with van der Waals surface area (Å²) in [6.45, 7) is 8.27. The molecule has 0 bridgehead atoms. The molecule has 0 spiro atoms. The Morgan fingerprint density at radius 2 is 2.00 bits per heavy atom. The van der Waals surface area contributed by atoms with Crippen LogP contribution in [0.4, 0.5) is 10.2 Å². The zero-order valence-corrected chi connectivity index (χ0v) is 13.6. The van der Waals surface area contributed by atoms with Crippen LogP contribution in [0.3, 0.4) is 0 Å². The molecule has 0 saturated heterocycles. The molecule has 0 aliphatic carbocycles.